The molecule has 2 aliphatic heterocycles. The highest BCUT2D eigenvalue weighted by Crippen LogP contribution is 2.47. The van der Waals surface area contributed by atoms with Gasteiger partial charge in [0.15, 0.2) is 0 Å². The number of halogens is 1. The van der Waals surface area contributed by atoms with Crippen LogP contribution >= 0.6 is 45.7 Å². The second kappa shape index (κ2) is 7.87. The second-order valence-corrected chi connectivity index (χ2v) is 8.52. The molecule has 2 atom stereocenters. The Morgan fingerprint density at radius 2 is 2.23 bits per heavy atom. The molecule has 0 aromatic carbocycles. The molecule has 0 bridgehead atoms. The summed E-state index contributed by atoms with van der Waals surface area (Å²) in [5, 5.41) is 4.12. The summed E-state index contributed by atoms with van der Waals surface area (Å²) < 4.78 is 10.9. The highest BCUT2D eigenvalue weighted by molar-refractivity contribution is 14.1. The Morgan fingerprint density at radius 3 is 2.81 bits per heavy atom. The van der Waals surface area contributed by atoms with Crippen molar-refractivity contribution in [3.8, 4) is 0 Å². The van der Waals surface area contributed by atoms with Crippen LogP contribution in [-0.2, 0) is 30.3 Å². The summed E-state index contributed by atoms with van der Waals surface area (Å²) in [6.07, 6.45) is 0.173. The number of hydrogen-bond donors (Lipinski definition) is 1. The molecule has 26 heavy (non-hydrogen) atoms. The van der Waals surface area contributed by atoms with Crippen LogP contribution in [0.5, 0.6) is 0 Å². The number of carbonyl (C=O) groups excluding carboxylic acids is 3. The van der Waals surface area contributed by atoms with Crippen molar-refractivity contribution in [3.63, 3.8) is 0 Å². The van der Waals surface area contributed by atoms with Crippen LogP contribution in [0.25, 0.3) is 0 Å². The highest BCUT2D eigenvalue weighted by Gasteiger charge is 2.66. The van der Waals surface area contributed by atoms with Gasteiger partial charge in [-0.25, -0.2) is 4.79 Å². The van der Waals surface area contributed by atoms with Gasteiger partial charge in [-0.1, -0.05) is 28.7 Å². The Balaban J connectivity index is 1.83. The lowest BCUT2D eigenvalue weighted by atomic mass is 9.98. The molecule has 1 N–H and O–H groups in total. The van der Waals surface area contributed by atoms with E-state index in [9.17, 15) is 14.4 Å². The Hall–Kier alpha value is -1.11. The van der Waals surface area contributed by atoms with Crippen molar-refractivity contribution in [1.82, 2.24) is 10.2 Å². The lowest BCUT2D eigenvalue weighted by Crippen LogP contribution is -2.80. The van der Waals surface area contributed by atoms with Crippen LogP contribution in [0.3, 0.4) is 0 Å². The SMILES string of the molecule is COC(=O)C1=C(CI)CS[C@@H]2N1C(=O)[C@]2(NC(=O)Cc1cccs1)OC. The maximum Gasteiger partial charge on any atom is 0.354 e. The average Bonchev–Trinajstić information content (AvgIpc) is 3.16. The summed E-state index contributed by atoms with van der Waals surface area (Å²) in [6, 6.07) is 3.73. The molecule has 3 rings (SSSR count). The number of nitrogens with zero attached hydrogens (tertiary/aromatic N) is 1. The number of β-lactam (4-membered cyclic amide) rings is 1. The fraction of sp³-hybridized carbons (Fsp3) is 0.438. The zero-order chi connectivity index (χ0) is 18.9. The van der Waals surface area contributed by atoms with E-state index in [0.29, 0.717) is 10.2 Å². The number of carbonyl (C=O) groups is 3. The Labute approximate surface area is 172 Å². The van der Waals surface area contributed by atoms with Crippen molar-refractivity contribution in [2.45, 2.75) is 17.5 Å². The molecule has 1 saturated heterocycles. The maximum absolute atomic E-state index is 12.9. The Bertz CT molecular complexity index is 767. The molecule has 2 amide bonds. The molecule has 0 unspecified atom stereocenters. The van der Waals surface area contributed by atoms with Crippen molar-refractivity contribution in [2.24, 2.45) is 0 Å². The van der Waals surface area contributed by atoms with E-state index in [1.54, 1.807) is 0 Å². The van der Waals surface area contributed by atoms with Crippen molar-refractivity contribution in [2.75, 3.05) is 24.4 Å². The smallest absolute Gasteiger partial charge is 0.354 e. The third kappa shape index (κ3) is 3.16. The zero-order valence-corrected chi connectivity index (χ0v) is 17.9. The third-order valence-corrected chi connectivity index (χ3v) is 7.38. The molecule has 140 valence electrons. The molecule has 1 fully saturated rings. The summed E-state index contributed by atoms with van der Waals surface area (Å²) in [7, 11) is 2.67. The number of thioether (sulfide) groups is 1. The average molecular weight is 508 g/mol. The summed E-state index contributed by atoms with van der Waals surface area (Å²) in [6.45, 7) is 0. The molecule has 10 heteroatoms. The van der Waals surface area contributed by atoms with Gasteiger partial charge in [0.2, 0.25) is 5.91 Å². The Morgan fingerprint density at radius 1 is 1.46 bits per heavy atom. The molecule has 3 heterocycles. The minimum atomic E-state index is -1.46. The van der Waals surface area contributed by atoms with Crippen molar-refractivity contribution in [1.29, 1.82) is 0 Å². The van der Waals surface area contributed by atoms with Crippen LogP contribution in [0.4, 0.5) is 0 Å². The Kier molecular flexibility index (Phi) is 5.94. The molecule has 0 radical (unpaired) electrons. The van der Waals surface area contributed by atoms with E-state index in [0.717, 1.165) is 10.5 Å². The highest BCUT2D eigenvalue weighted by atomic mass is 127. The van der Waals surface area contributed by atoms with Gasteiger partial charge < -0.3 is 14.8 Å². The summed E-state index contributed by atoms with van der Waals surface area (Å²) >= 11 is 5.09. The molecule has 0 spiro atoms. The number of nitrogens with one attached hydrogen (secondary N) is 1. The lowest BCUT2D eigenvalue weighted by Gasteiger charge is -2.55. The number of rotatable bonds is 6. The number of alkyl halides is 1. The van der Waals surface area contributed by atoms with Gasteiger partial charge >= 0.3 is 5.97 Å². The third-order valence-electron chi connectivity index (χ3n) is 4.21. The predicted molar refractivity (Wildman–Crippen MR) is 107 cm³/mol. The van der Waals surface area contributed by atoms with Crippen LogP contribution in [0.1, 0.15) is 4.88 Å². The minimum Gasteiger partial charge on any atom is -0.464 e. The molecule has 0 aliphatic carbocycles. The van der Waals surface area contributed by atoms with Gasteiger partial charge in [-0.05, 0) is 17.0 Å². The number of esters is 1. The number of amides is 2. The topological polar surface area (TPSA) is 84.9 Å². The molecule has 7 nitrogen and oxygen atoms in total. The number of fused-ring (bicyclic) bond motifs is 1. The van der Waals surface area contributed by atoms with Gasteiger partial charge in [-0.15, -0.1) is 23.1 Å². The number of thiophene rings is 1. The molecule has 2 aliphatic rings. The normalized spacial score (nSPS) is 24.8. The number of hydrogen-bond acceptors (Lipinski definition) is 7. The van der Waals surface area contributed by atoms with Crippen LogP contribution in [0.2, 0.25) is 0 Å². The van der Waals surface area contributed by atoms with Gasteiger partial charge in [-0.2, -0.15) is 0 Å². The fourth-order valence-electron chi connectivity index (χ4n) is 2.95. The summed E-state index contributed by atoms with van der Waals surface area (Å²) in [5.74, 6) is -0.746. The molecule has 1 aromatic rings. The minimum absolute atomic E-state index is 0.173. The van der Waals surface area contributed by atoms with E-state index in [1.165, 1.54) is 42.2 Å². The monoisotopic (exact) mass is 508 g/mol. The van der Waals surface area contributed by atoms with E-state index in [-0.39, 0.29) is 18.0 Å². The molecule has 0 saturated carbocycles. The van der Waals surface area contributed by atoms with E-state index >= 15 is 0 Å². The van der Waals surface area contributed by atoms with Crippen molar-refractivity contribution in [3.05, 3.63) is 33.7 Å². The van der Waals surface area contributed by atoms with Gasteiger partial charge in [0.05, 0.1) is 13.5 Å². The number of methoxy groups -OCH3 is 2. The van der Waals surface area contributed by atoms with E-state index < -0.39 is 23.0 Å². The fourth-order valence-corrected chi connectivity index (χ4v) is 6.09. The van der Waals surface area contributed by atoms with Gasteiger partial charge in [0, 0.05) is 22.2 Å². The van der Waals surface area contributed by atoms with E-state index in [1.807, 2.05) is 17.5 Å². The quantitative estimate of drug-likeness (QED) is 0.206. The van der Waals surface area contributed by atoms with Crippen LogP contribution in [0, 0.1) is 0 Å². The van der Waals surface area contributed by atoms with Crippen LogP contribution in [0.15, 0.2) is 28.8 Å². The maximum atomic E-state index is 12.9. The standard InChI is InChI=1S/C16H17IN2O5S2/c1-23-13(21)12-9(7-17)8-26-15-16(24-2,14(22)19(12)15)18-11(20)6-10-4-3-5-25-10/h3-5,15H,6-8H2,1-2H3,(H,18,20)/t15-,16-/m0/s1. The van der Waals surface area contributed by atoms with Gasteiger partial charge in [0.25, 0.3) is 11.6 Å². The first-order chi connectivity index (χ1) is 12.5. The molecular weight excluding hydrogens is 491 g/mol. The van der Waals surface area contributed by atoms with Gasteiger partial charge in [-0.3, -0.25) is 14.5 Å². The summed E-state index contributed by atoms with van der Waals surface area (Å²) in [5.41, 5.74) is -0.368. The first-order valence-corrected chi connectivity index (χ1v) is 11.1. The van der Waals surface area contributed by atoms with E-state index in [2.05, 4.69) is 27.9 Å². The molecule has 1 aromatic heterocycles. The predicted octanol–water partition coefficient (Wildman–Crippen LogP) is 1.53. The van der Waals surface area contributed by atoms with Crippen molar-refractivity contribution >= 4 is 63.5 Å². The first kappa shape index (κ1) is 19.6. The van der Waals surface area contributed by atoms with Crippen molar-refractivity contribution < 1.29 is 23.9 Å². The second-order valence-electron chi connectivity index (χ2n) is 5.66. The van der Waals surface area contributed by atoms with Crippen LogP contribution < -0.4 is 5.32 Å². The number of ether oxygens (including phenoxy) is 2. The first-order valence-electron chi connectivity index (χ1n) is 7.68. The van der Waals surface area contributed by atoms with Crippen LogP contribution in [-0.4, -0.2) is 58.2 Å². The summed E-state index contributed by atoms with van der Waals surface area (Å²) in [4.78, 5) is 39.8. The van der Waals surface area contributed by atoms with Gasteiger partial charge in [0.1, 0.15) is 11.1 Å². The molecular formula is C16H17IN2O5S2. The largest absolute Gasteiger partial charge is 0.464 e. The lowest BCUT2D eigenvalue weighted by molar-refractivity contribution is -0.192. The van der Waals surface area contributed by atoms with E-state index in [4.69, 9.17) is 9.47 Å². The zero-order valence-electron chi connectivity index (χ0n) is 14.1.